The molecule has 2 aromatic carbocycles. The maximum absolute atomic E-state index is 11.6. The van der Waals surface area contributed by atoms with E-state index in [1.54, 1.807) is 6.20 Å². The zero-order valence-corrected chi connectivity index (χ0v) is 19.0. The Bertz CT molecular complexity index is 1210. The van der Waals surface area contributed by atoms with Gasteiger partial charge in [-0.1, -0.05) is 61.9 Å². The van der Waals surface area contributed by atoms with E-state index in [1.807, 2.05) is 59.3 Å². The second-order valence-corrected chi connectivity index (χ2v) is 8.17. The van der Waals surface area contributed by atoms with Gasteiger partial charge in [0.05, 0.1) is 11.7 Å². The highest BCUT2D eigenvalue weighted by molar-refractivity contribution is 6.02. The predicted molar refractivity (Wildman–Crippen MR) is 129 cm³/mol. The van der Waals surface area contributed by atoms with Crippen LogP contribution in [0.1, 0.15) is 44.0 Å². The summed E-state index contributed by atoms with van der Waals surface area (Å²) >= 11 is 0. The van der Waals surface area contributed by atoms with Crippen molar-refractivity contribution in [2.75, 3.05) is 13.2 Å². The van der Waals surface area contributed by atoms with Crippen LogP contribution in [0, 0.1) is 0 Å². The largest absolute Gasteiger partial charge is 0.465 e. The number of benzene rings is 2. The summed E-state index contributed by atoms with van der Waals surface area (Å²) in [5, 5.41) is 10.6. The Kier molecular flexibility index (Phi) is 7.40. The molecular formula is C26H30N4O3. The summed E-state index contributed by atoms with van der Waals surface area (Å²) in [5.41, 5.74) is 3.68. The Morgan fingerprint density at radius 3 is 2.61 bits per heavy atom. The zero-order chi connectivity index (χ0) is 23.0. The average Bonchev–Trinajstić information content (AvgIpc) is 3.20. The number of carboxylic acid groups (broad SMARTS) is 1. The lowest BCUT2D eigenvalue weighted by molar-refractivity contribution is 0.104. The quantitative estimate of drug-likeness (QED) is 0.316. The number of imidazole rings is 1. The summed E-state index contributed by atoms with van der Waals surface area (Å²) < 4.78 is 1.87. The molecule has 4 rings (SSSR count). The van der Waals surface area contributed by atoms with Gasteiger partial charge in [0.15, 0.2) is 0 Å². The maximum atomic E-state index is 11.6. The van der Waals surface area contributed by atoms with E-state index in [0.29, 0.717) is 19.7 Å². The van der Waals surface area contributed by atoms with Gasteiger partial charge < -0.3 is 14.8 Å². The van der Waals surface area contributed by atoms with Crippen LogP contribution in [0.4, 0.5) is 4.79 Å². The van der Waals surface area contributed by atoms with Crippen LogP contribution in [0.5, 0.6) is 0 Å². The molecule has 7 heteroatoms. The number of unbranched alkanes of at least 4 members (excludes halogenated alkanes) is 2. The lowest BCUT2D eigenvalue weighted by atomic mass is 10.2. The van der Waals surface area contributed by atoms with Gasteiger partial charge in [0, 0.05) is 24.9 Å². The molecule has 1 N–H and O–H groups in total. The molecule has 33 heavy (non-hydrogen) atoms. The highest BCUT2D eigenvalue weighted by atomic mass is 16.7. The number of nitrogens with zero attached hydrogens (tertiary/aromatic N) is 4. The minimum Gasteiger partial charge on any atom is -0.465 e. The first kappa shape index (κ1) is 22.6. The summed E-state index contributed by atoms with van der Waals surface area (Å²) in [4.78, 5) is 28.6. The minimum absolute atomic E-state index is 0.392. The van der Waals surface area contributed by atoms with Crippen molar-refractivity contribution in [2.45, 2.75) is 45.6 Å². The molecule has 0 radical (unpaired) electrons. The summed E-state index contributed by atoms with van der Waals surface area (Å²) in [6.45, 7) is 3.51. The monoisotopic (exact) mass is 446 g/mol. The molecule has 0 aliphatic rings. The molecule has 0 spiro atoms. The Hall–Kier alpha value is -3.61. The van der Waals surface area contributed by atoms with Gasteiger partial charge in [-0.05, 0) is 30.9 Å². The Labute approximate surface area is 193 Å². The summed E-state index contributed by atoms with van der Waals surface area (Å²) in [6.07, 6.45) is 5.32. The summed E-state index contributed by atoms with van der Waals surface area (Å²) in [6, 6.07) is 17.7. The van der Waals surface area contributed by atoms with Gasteiger partial charge >= 0.3 is 6.09 Å². The lowest BCUT2D eigenvalue weighted by Crippen LogP contribution is -2.30. The van der Waals surface area contributed by atoms with Gasteiger partial charge in [0.2, 0.25) is 0 Å². The molecule has 0 saturated heterocycles. The fraction of sp³-hybridized carbons (Fsp3) is 0.346. The van der Waals surface area contributed by atoms with Crippen molar-refractivity contribution in [2.24, 2.45) is 0 Å². The number of aromatic nitrogens is 3. The first-order valence-corrected chi connectivity index (χ1v) is 11.6. The lowest BCUT2D eigenvalue weighted by Gasteiger charge is -2.19. The molecular weight excluding hydrogens is 416 g/mol. The van der Waals surface area contributed by atoms with Crippen molar-refractivity contribution in [3.63, 3.8) is 0 Å². The summed E-state index contributed by atoms with van der Waals surface area (Å²) in [7, 11) is 0. The molecule has 172 valence electrons. The third kappa shape index (κ3) is 5.42. The normalized spacial score (nSPS) is 11.2. The molecule has 0 aliphatic carbocycles. The predicted octanol–water partition coefficient (Wildman–Crippen LogP) is 5.32. The van der Waals surface area contributed by atoms with Crippen LogP contribution < -0.4 is 4.84 Å². The summed E-state index contributed by atoms with van der Waals surface area (Å²) in [5.74, 6) is 0.904. The fourth-order valence-corrected chi connectivity index (χ4v) is 3.96. The van der Waals surface area contributed by atoms with Crippen LogP contribution in [-0.4, -0.2) is 43.9 Å². The number of carbonyl (C=O) groups is 1. The van der Waals surface area contributed by atoms with Crippen LogP contribution in [0.25, 0.3) is 21.9 Å². The number of para-hydroxylation sites is 1. The van der Waals surface area contributed by atoms with E-state index in [9.17, 15) is 9.90 Å². The van der Waals surface area contributed by atoms with E-state index in [4.69, 9.17) is 9.82 Å². The number of pyridine rings is 1. The van der Waals surface area contributed by atoms with Crippen LogP contribution in [-0.2, 0) is 13.0 Å². The number of aryl methyl sites for hydroxylation is 1. The average molecular weight is 447 g/mol. The third-order valence-corrected chi connectivity index (χ3v) is 5.70. The molecule has 2 heterocycles. The van der Waals surface area contributed by atoms with Crippen LogP contribution in [0.2, 0.25) is 0 Å². The highest BCUT2D eigenvalue weighted by Gasteiger charge is 2.16. The van der Waals surface area contributed by atoms with Crippen LogP contribution in [0.3, 0.4) is 0 Å². The molecule has 0 bridgehead atoms. The second-order valence-electron chi connectivity index (χ2n) is 8.17. The van der Waals surface area contributed by atoms with Gasteiger partial charge in [0.25, 0.3) is 0 Å². The first-order valence-electron chi connectivity index (χ1n) is 11.6. The molecule has 0 fully saturated rings. The van der Waals surface area contributed by atoms with Gasteiger partial charge in [-0.25, -0.2) is 9.78 Å². The molecule has 7 nitrogen and oxygen atoms in total. The standard InChI is InChI=1S/C26H30N4O3/c1-2-3-15-24-28-23-18-27-22-14-8-7-13-21(22)25(23)30(24)33-17-10-9-16-29(26(31)32)19-20-11-5-4-6-12-20/h4-8,11-14,18H,2-3,9-10,15-17,19H2,1H3,(H,31,32). The second kappa shape index (κ2) is 10.8. The number of hydrogen-bond donors (Lipinski definition) is 1. The smallest absolute Gasteiger partial charge is 0.407 e. The zero-order valence-electron chi connectivity index (χ0n) is 19.0. The van der Waals surface area contributed by atoms with E-state index in [0.717, 1.165) is 65.4 Å². The van der Waals surface area contributed by atoms with Crippen molar-refractivity contribution in [3.05, 3.63) is 72.2 Å². The molecule has 0 saturated carbocycles. The van der Waals surface area contributed by atoms with E-state index < -0.39 is 6.09 Å². The van der Waals surface area contributed by atoms with Crippen molar-refractivity contribution < 1.29 is 14.7 Å². The molecule has 0 atom stereocenters. The van der Waals surface area contributed by atoms with Gasteiger partial charge in [-0.2, -0.15) is 4.73 Å². The minimum atomic E-state index is -0.902. The van der Waals surface area contributed by atoms with Gasteiger partial charge in [-0.3, -0.25) is 4.98 Å². The molecule has 0 unspecified atom stereocenters. The van der Waals surface area contributed by atoms with Gasteiger partial charge in [-0.15, -0.1) is 0 Å². The molecule has 4 aromatic rings. The van der Waals surface area contributed by atoms with E-state index in [2.05, 4.69) is 11.9 Å². The van der Waals surface area contributed by atoms with E-state index >= 15 is 0 Å². The Balaban J connectivity index is 1.43. The third-order valence-electron chi connectivity index (χ3n) is 5.70. The van der Waals surface area contributed by atoms with Crippen molar-refractivity contribution in [1.82, 2.24) is 19.6 Å². The van der Waals surface area contributed by atoms with E-state index in [1.165, 1.54) is 4.90 Å². The van der Waals surface area contributed by atoms with Crippen LogP contribution >= 0.6 is 0 Å². The van der Waals surface area contributed by atoms with Crippen molar-refractivity contribution >= 4 is 28.0 Å². The SMILES string of the molecule is CCCCc1nc2cnc3ccccc3c2n1OCCCCN(Cc1ccccc1)C(=O)O. The molecule has 1 amide bonds. The van der Waals surface area contributed by atoms with E-state index in [-0.39, 0.29) is 0 Å². The van der Waals surface area contributed by atoms with Gasteiger partial charge in [0.1, 0.15) is 23.5 Å². The highest BCUT2D eigenvalue weighted by Crippen LogP contribution is 2.24. The number of hydrogen-bond acceptors (Lipinski definition) is 4. The molecule has 0 aliphatic heterocycles. The van der Waals surface area contributed by atoms with Crippen molar-refractivity contribution in [1.29, 1.82) is 0 Å². The maximum Gasteiger partial charge on any atom is 0.407 e. The number of fused-ring (bicyclic) bond motifs is 3. The first-order chi connectivity index (χ1) is 16.2. The Morgan fingerprint density at radius 1 is 1.03 bits per heavy atom. The number of rotatable bonds is 11. The number of amides is 1. The topological polar surface area (TPSA) is 80.5 Å². The Morgan fingerprint density at radius 2 is 1.82 bits per heavy atom. The van der Waals surface area contributed by atoms with Crippen LogP contribution in [0.15, 0.2) is 60.8 Å². The van der Waals surface area contributed by atoms with Crippen molar-refractivity contribution in [3.8, 4) is 0 Å². The fourth-order valence-electron chi connectivity index (χ4n) is 3.96. The molecule has 2 aromatic heterocycles.